The average molecular weight is 196 g/mol. The lowest BCUT2D eigenvalue weighted by Gasteiger charge is -2.09. The normalized spacial score (nSPS) is 40.9. The molecule has 2 fully saturated rings. The van der Waals surface area contributed by atoms with E-state index in [0.717, 1.165) is 25.7 Å². The topological polar surface area (TPSA) is 86.2 Å². The Morgan fingerprint density at radius 3 is 1.29 bits per heavy atom. The number of rotatable bonds is 2. The molecule has 14 heavy (non-hydrogen) atoms. The maximum absolute atomic E-state index is 11.0. The summed E-state index contributed by atoms with van der Waals surface area (Å²) >= 11 is 0. The zero-order chi connectivity index (χ0) is 10.3. The first-order chi connectivity index (χ1) is 6.58. The molecule has 4 N–H and O–H groups in total. The maximum atomic E-state index is 11.0. The van der Waals surface area contributed by atoms with E-state index in [9.17, 15) is 9.59 Å². The van der Waals surface area contributed by atoms with Gasteiger partial charge in [0.25, 0.3) is 0 Å². The van der Waals surface area contributed by atoms with Crippen molar-refractivity contribution < 1.29 is 9.59 Å². The molecule has 0 atom stereocenters. The summed E-state index contributed by atoms with van der Waals surface area (Å²) in [6, 6.07) is 0. The van der Waals surface area contributed by atoms with Crippen molar-refractivity contribution in [2.45, 2.75) is 25.7 Å². The molecule has 2 amide bonds. The van der Waals surface area contributed by atoms with Crippen molar-refractivity contribution in [2.75, 3.05) is 0 Å². The molecule has 0 aromatic carbocycles. The third-order valence-corrected chi connectivity index (χ3v) is 3.82. The highest BCUT2D eigenvalue weighted by Crippen LogP contribution is 2.48. The van der Waals surface area contributed by atoms with Crippen LogP contribution in [0.15, 0.2) is 0 Å². The molecular formula is C10H16N2O2. The Morgan fingerprint density at radius 1 is 0.786 bits per heavy atom. The summed E-state index contributed by atoms with van der Waals surface area (Å²) < 4.78 is 0. The second-order valence-electron chi connectivity index (χ2n) is 4.66. The lowest BCUT2D eigenvalue weighted by Crippen LogP contribution is -2.24. The molecule has 2 saturated carbocycles. The summed E-state index contributed by atoms with van der Waals surface area (Å²) in [5.41, 5.74) is 10.5. The number of hydrogen-bond acceptors (Lipinski definition) is 2. The van der Waals surface area contributed by atoms with Crippen molar-refractivity contribution in [1.82, 2.24) is 0 Å². The Balaban J connectivity index is 1.96. The molecule has 4 nitrogen and oxygen atoms in total. The largest absolute Gasteiger partial charge is 0.369 e. The van der Waals surface area contributed by atoms with Gasteiger partial charge >= 0.3 is 0 Å². The average Bonchev–Trinajstić information content (AvgIpc) is 2.57. The van der Waals surface area contributed by atoms with Crippen LogP contribution < -0.4 is 11.5 Å². The summed E-state index contributed by atoms with van der Waals surface area (Å²) in [7, 11) is 0. The van der Waals surface area contributed by atoms with Gasteiger partial charge in [0, 0.05) is 11.8 Å². The van der Waals surface area contributed by atoms with Gasteiger partial charge < -0.3 is 11.5 Å². The highest BCUT2D eigenvalue weighted by Gasteiger charge is 2.44. The van der Waals surface area contributed by atoms with Crippen LogP contribution >= 0.6 is 0 Å². The molecular weight excluding hydrogens is 180 g/mol. The van der Waals surface area contributed by atoms with Gasteiger partial charge in [0.2, 0.25) is 11.8 Å². The predicted molar refractivity (Wildman–Crippen MR) is 50.8 cm³/mol. The molecule has 0 heterocycles. The van der Waals surface area contributed by atoms with E-state index in [1.807, 2.05) is 0 Å². The molecule has 0 aromatic rings. The minimum atomic E-state index is -0.185. The smallest absolute Gasteiger partial charge is 0.220 e. The van der Waals surface area contributed by atoms with Gasteiger partial charge in [-0.05, 0) is 37.5 Å². The molecule has 2 aliphatic carbocycles. The minimum Gasteiger partial charge on any atom is -0.369 e. The molecule has 78 valence electrons. The van der Waals surface area contributed by atoms with E-state index in [1.54, 1.807) is 0 Å². The highest BCUT2D eigenvalue weighted by molar-refractivity contribution is 5.78. The van der Waals surface area contributed by atoms with Crippen molar-refractivity contribution in [3.63, 3.8) is 0 Å². The standard InChI is InChI=1S/C10H16N2O2/c11-9(13)7-1-5-2-8(10(12)14)4-6(5)3-7/h5-8H,1-4H2,(H2,11,13)(H2,12,14). The van der Waals surface area contributed by atoms with Crippen LogP contribution in [0.2, 0.25) is 0 Å². The van der Waals surface area contributed by atoms with Gasteiger partial charge in [0.1, 0.15) is 0 Å². The van der Waals surface area contributed by atoms with Gasteiger partial charge in [-0.25, -0.2) is 0 Å². The first-order valence-electron chi connectivity index (χ1n) is 5.16. The van der Waals surface area contributed by atoms with E-state index in [1.165, 1.54) is 0 Å². The van der Waals surface area contributed by atoms with Crippen LogP contribution in [-0.2, 0) is 9.59 Å². The van der Waals surface area contributed by atoms with Crippen molar-refractivity contribution >= 4 is 11.8 Å². The minimum absolute atomic E-state index is 0.0406. The van der Waals surface area contributed by atoms with Crippen LogP contribution in [0.1, 0.15) is 25.7 Å². The van der Waals surface area contributed by atoms with Gasteiger partial charge in [-0.15, -0.1) is 0 Å². The zero-order valence-corrected chi connectivity index (χ0v) is 8.11. The molecule has 0 bridgehead atoms. The molecule has 2 rings (SSSR count). The van der Waals surface area contributed by atoms with Gasteiger partial charge in [0.15, 0.2) is 0 Å². The van der Waals surface area contributed by atoms with Crippen LogP contribution in [0.4, 0.5) is 0 Å². The molecule has 4 heteroatoms. The number of nitrogens with two attached hydrogens (primary N) is 2. The quantitative estimate of drug-likeness (QED) is 0.651. The third-order valence-electron chi connectivity index (χ3n) is 3.82. The molecule has 2 aliphatic rings. The second-order valence-corrected chi connectivity index (χ2v) is 4.66. The van der Waals surface area contributed by atoms with Gasteiger partial charge in [-0.1, -0.05) is 0 Å². The van der Waals surface area contributed by atoms with E-state index in [-0.39, 0.29) is 23.7 Å². The number of primary amides is 2. The lowest BCUT2D eigenvalue weighted by molar-refractivity contribution is -0.121. The van der Waals surface area contributed by atoms with E-state index in [4.69, 9.17) is 11.5 Å². The Kier molecular flexibility index (Phi) is 2.21. The Morgan fingerprint density at radius 2 is 1.07 bits per heavy atom. The Hall–Kier alpha value is -1.06. The SMILES string of the molecule is NC(=O)C1CC2CC(C(N)=O)CC2C1. The van der Waals surface area contributed by atoms with Gasteiger partial charge in [-0.3, -0.25) is 9.59 Å². The number of hydrogen-bond donors (Lipinski definition) is 2. The van der Waals surface area contributed by atoms with Crippen LogP contribution in [0.25, 0.3) is 0 Å². The fourth-order valence-electron chi connectivity index (χ4n) is 3.08. The Bertz CT molecular complexity index is 237. The van der Waals surface area contributed by atoms with E-state index in [2.05, 4.69) is 0 Å². The summed E-state index contributed by atoms with van der Waals surface area (Å²) in [5, 5.41) is 0. The van der Waals surface area contributed by atoms with Crippen molar-refractivity contribution in [3.05, 3.63) is 0 Å². The highest BCUT2D eigenvalue weighted by atomic mass is 16.1. The molecule has 0 aromatic heterocycles. The maximum Gasteiger partial charge on any atom is 0.220 e. The van der Waals surface area contributed by atoms with Crippen molar-refractivity contribution in [3.8, 4) is 0 Å². The number of carbonyl (C=O) groups is 2. The summed E-state index contributed by atoms with van der Waals surface area (Å²) in [4.78, 5) is 22.0. The van der Waals surface area contributed by atoms with E-state index in [0.29, 0.717) is 11.8 Å². The number of amides is 2. The first kappa shape index (κ1) is 9.49. The third kappa shape index (κ3) is 1.49. The van der Waals surface area contributed by atoms with E-state index >= 15 is 0 Å². The zero-order valence-electron chi connectivity index (χ0n) is 8.11. The second kappa shape index (κ2) is 3.26. The molecule has 0 saturated heterocycles. The monoisotopic (exact) mass is 196 g/mol. The van der Waals surface area contributed by atoms with Crippen LogP contribution in [0.3, 0.4) is 0 Å². The van der Waals surface area contributed by atoms with Crippen molar-refractivity contribution in [1.29, 1.82) is 0 Å². The molecule has 0 unspecified atom stereocenters. The fraction of sp³-hybridized carbons (Fsp3) is 0.800. The predicted octanol–water partition coefficient (Wildman–Crippen LogP) is 0.00940. The van der Waals surface area contributed by atoms with Crippen LogP contribution in [-0.4, -0.2) is 11.8 Å². The Labute approximate surface area is 83.0 Å². The summed E-state index contributed by atoms with van der Waals surface area (Å²) in [6.45, 7) is 0. The molecule has 0 aliphatic heterocycles. The van der Waals surface area contributed by atoms with Crippen molar-refractivity contribution in [2.24, 2.45) is 35.1 Å². The van der Waals surface area contributed by atoms with Crippen LogP contribution in [0, 0.1) is 23.7 Å². The number of fused-ring (bicyclic) bond motifs is 1. The summed E-state index contributed by atoms with van der Waals surface area (Å²) in [6.07, 6.45) is 3.46. The van der Waals surface area contributed by atoms with Gasteiger partial charge in [-0.2, -0.15) is 0 Å². The van der Waals surface area contributed by atoms with Gasteiger partial charge in [0.05, 0.1) is 0 Å². The summed E-state index contributed by atoms with van der Waals surface area (Å²) in [5.74, 6) is 0.720. The van der Waals surface area contributed by atoms with E-state index < -0.39 is 0 Å². The number of carbonyl (C=O) groups excluding carboxylic acids is 2. The fourth-order valence-corrected chi connectivity index (χ4v) is 3.08. The first-order valence-corrected chi connectivity index (χ1v) is 5.16. The molecule has 0 radical (unpaired) electrons. The van der Waals surface area contributed by atoms with Crippen LogP contribution in [0.5, 0.6) is 0 Å². The molecule has 0 spiro atoms. The lowest BCUT2D eigenvalue weighted by atomic mass is 9.98.